The Morgan fingerprint density at radius 3 is 2.11 bits per heavy atom. The molecule has 1 aliphatic carbocycles. The molecule has 9 heteroatoms. The number of hydrogen-bond donors (Lipinski definition) is 4. The van der Waals surface area contributed by atoms with Gasteiger partial charge >= 0.3 is 0 Å². The van der Waals surface area contributed by atoms with Crippen LogP contribution >= 0.6 is 0 Å². The number of benzene rings is 1. The minimum absolute atomic E-state index is 0.0126. The molecule has 4 amide bonds. The van der Waals surface area contributed by atoms with Gasteiger partial charge in [-0.3, -0.25) is 24.0 Å². The van der Waals surface area contributed by atoms with Gasteiger partial charge in [-0.2, -0.15) is 0 Å². The van der Waals surface area contributed by atoms with Crippen LogP contribution in [0.4, 0.5) is 0 Å². The van der Waals surface area contributed by atoms with Gasteiger partial charge in [0, 0.05) is 11.6 Å². The third-order valence-electron chi connectivity index (χ3n) is 6.84. The van der Waals surface area contributed by atoms with E-state index in [-0.39, 0.29) is 6.04 Å². The molecule has 0 unspecified atom stereocenters. The Morgan fingerprint density at radius 1 is 0.895 bits per heavy atom. The van der Waals surface area contributed by atoms with Gasteiger partial charge in [0.25, 0.3) is 11.8 Å². The number of carbonyl (C=O) groups is 5. The first-order valence-corrected chi connectivity index (χ1v) is 13.7. The van der Waals surface area contributed by atoms with Gasteiger partial charge in [0.2, 0.25) is 17.6 Å². The van der Waals surface area contributed by atoms with Crippen molar-refractivity contribution in [3.8, 4) is 0 Å². The summed E-state index contributed by atoms with van der Waals surface area (Å²) in [4.78, 5) is 64.4. The van der Waals surface area contributed by atoms with Gasteiger partial charge in [-0.1, -0.05) is 78.0 Å². The maximum atomic E-state index is 13.2. The number of carbonyl (C=O) groups excluding carboxylic acids is 5. The number of ketones is 1. The zero-order chi connectivity index (χ0) is 28.3. The first-order valence-electron chi connectivity index (χ1n) is 13.7. The van der Waals surface area contributed by atoms with Crippen molar-refractivity contribution in [2.45, 2.75) is 110 Å². The fraction of sp³-hybridized carbons (Fsp3) is 0.621. The summed E-state index contributed by atoms with van der Waals surface area (Å²) < 4.78 is 0. The second-order valence-corrected chi connectivity index (χ2v) is 11.2. The maximum Gasteiger partial charge on any atom is 0.289 e. The molecule has 1 fully saturated rings. The van der Waals surface area contributed by atoms with E-state index in [0.717, 1.165) is 38.5 Å². The van der Waals surface area contributed by atoms with Crippen molar-refractivity contribution >= 4 is 29.4 Å². The Labute approximate surface area is 226 Å². The Balaban J connectivity index is 2.03. The Bertz CT molecular complexity index is 967. The highest BCUT2D eigenvalue weighted by Gasteiger charge is 2.35. The zero-order valence-electron chi connectivity index (χ0n) is 23.4. The molecular formula is C29H44N4O5. The van der Waals surface area contributed by atoms with Gasteiger partial charge < -0.3 is 21.3 Å². The van der Waals surface area contributed by atoms with Crippen LogP contribution in [0, 0.1) is 5.41 Å². The third kappa shape index (κ3) is 9.58. The van der Waals surface area contributed by atoms with E-state index >= 15 is 0 Å². The summed E-state index contributed by atoms with van der Waals surface area (Å²) in [6.07, 6.45) is 6.66. The number of unbranched alkanes of at least 4 members (excludes halogenated alkanes) is 1. The van der Waals surface area contributed by atoms with Crippen LogP contribution in [-0.2, 0) is 19.2 Å². The number of amides is 4. The Morgan fingerprint density at radius 2 is 1.53 bits per heavy atom. The molecule has 1 aliphatic rings. The van der Waals surface area contributed by atoms with Gasteiger partial charge in [0.15, 0.2) is 0 Å². The van der Waals surface area contributed by atoms with Crippen molar-refractivity contribution in [1.82, 2.24) is 21.3 Å². The van der Waals surface area contributed by atoms with E-state index in [1.54, 1.807) is 30.3 Å². The van der Waals surface area contributed by atoms with Gasteiger partial charge in [-0.15, -0.1) is 0 Å². The number of hydrogen-bond acceptors (Lipinski definition) is 5. The summed E-state index contributed by atoms with van der Waals surface area (Å²) in [6.45, 7) is 8.92. The molecule has 4 N–H and O–H groups in total. The van der Waals surface area contributed by atoms with Crippen molar-refractivity contribution in [2.75, 3.05) is 0 Å². The minimum atomic E-state index is -0.987. The fourth-order valence-electron chi connectivity index (χ4n) is 4.48. The molecule has 1 saturated carbocycles. The SMILES string of the molecule is CCCC[C@H](NC(=O)[C@H](C)NC(=O)[C@@H](NC(=O)c1ccccc1)C(C)(C)C)C(=O)C(=O)NC1CCCCC1. The lowest BCUT2D eigenvalue weighted by molar-refractivity contribution is -0.141. The average Bonchev–Trinajstić information content (AvgIpc) is 2.89. The predicted molar refractivity (Wildman–Crippen MR) is 146 cm³/mol. The summed E-state index contributed by atoms with van der Waals surface area (Å²) in [5.41, 5.74) is -0.217. The monoisotopic (exact) mass is 528 g/mol. The van der Waals surface area contributed by atoms with Crippen LogP contribution in [0.15, 0.2) is 30.3 Å². The molecule has 0 aliphatic heterocycles. The van der Waals surface area contributed by atoms with Crippen LogP contribution in [0.2, 0.25) is 0 Å². The van der Waals surface area contributed by atoms with E-state index in [1.807, 2.05) is 27.7 Å². The number of nitrogens with one attached hydrogen (secondary N) is 4. The molecule has 1 aromatic rings. The Hall–Kier alpha value is -3.23. The van der Waals surface area contributed by atoms with Crippen LogP contribution in [-0.4, -0.2) is 53.6 Å². The summed E-state index contributed by atoms with van der Waals surface area (Å²) in [5, 5.41) is 10.9. The molecule has 0 radical (unpaired) electrons. The topological polar surface area (TPSA) is 133 Å². The lowest BCUT2D eigenvalue weighted by Gasteiger charge is -2.31. The molecule has 9 nitrogen and oxygen atoms in total. The smallest absolute Gasteiger partial charge is 0.289 e. The van der Waals surface area contributed by atoms with Gasteiger partial charge in [0.05, 0.1) is 6.04 Å². The van der Waals surface area contributed by atoms with Crippen molar-refractivity contribution in [3.63, 3.8) is 0 Å². The fourth-order valence-corrected chi connectivity index (χ4v) is 4.48. The second-order valence-electron chi connectivity index (χ2n) is 11.2. The normalized spacial score (nSPS) is 16.4. The number of Topliss-reactive ketones (excluding diaryl/α,β-unsaturated/α-hetero) is 1. The van der Waals surface area contributed by atoms with E-state index in [0.29, 0.717) is 18.4 Å². The molecule has 38 heavy (non-hydrogen) atoms. The predicted octanol–water partition coefficient (Wildman–Crippen LogP) is 3.03. The minimum Gasteiger partial charge on any atom is -0.347 e. The maximum absolute atomic E-state index is 13.2. The highest BCUT2D eigenvalue weighted by molar-refractivity contribution is 6.38. The quantitative estimate of drug-likeness (QED) is 0.310. The van der Waals surface area contributed by atoms with Crippen molar-refractivity contribution in [1.29, 1.82) is 0 Å². The largest absolute Gasteiger partial charge is 0.347 e. The molecule has 0 spiro atoms. The zero-order valence-corrected chi connectivity index (χ0v) is 23.4. The molecule has 210 valence electrons. The second kappa shape index (κ2) is 14.6. The lowest BCUT2D eigenvalue weighted by Crippen LogP contribution is -2.58. The Kier molecular flexibility index (Phi) is 11.9. The molecular weight excluding hydrogens is 484 g/mol. The van der Waals surface area contributed by atoms with Gasteiger partial charge in [-0.25, -0.2) is 0 Å². The van der Waals surface area contributed by atoms with E-state index in [1.165, 1.54) is 6.92 Å². The molecule has 3 atom stereocenters. The summed E-state index contributed by atoms with van der Waals surface area (Å²) in [5.74, 6) is -2.83. The van der Waals surface area contributed by atoms with Crippen LogP contribution < -0.4 is 21.3 Å². The molecule has 0 aromatic heterocycles. The highest BCUT2D eigenvalue weighted by Crippen LogP contribution is 2.20. The molecule has 0 bridgehead atoms. The van der Waals surface area contributed by atoms with E-state index < -0.39 is 53.0 Å². The first kappa shape index (κ1) is 31.0. The standard InChI is InChI=1S/C29H44N4O5/c1-6-7-18-22(23(34)27(37)31-21-16-12-9-13-17-21)32-25(35)19(2)30-28(38)24(29(3,4)5)33-26(36)20-14-10-8-11-15-20/h8,10-11,14-15,19,21-22,24H,6-7,9,12-13,16-18H2,1-5H3,(H,30,38)(H,31,37)(H,32,35)(H,33,36)/t19-,22-,24+/m0/s1. The van der Waals surface area contributed by atoms with Crippen LogP contribution in [0.3, 0.4) is 0 Å². The average molecular weight is 529 g/mol. The van der Waals surface area contributed by atoms with Gasteiger partial charge in [-0.05, 0) is 43.7 Å². The van der Waals surface area contributed by atoms with Crippen molar-refractivity contribution < 1.29 is 24.0 Å². The van der Waals surface area contributed by atoms with Crippen LogP contribution in [0.1, 0.15) is 96.3 Å². The third-order valence-corrected chi connectivity index (χ3v) is 6.84. The molecule has 0 heterocycles. The highest BCUT2D eigenvalue weighted by atomic mass is 16.2. The van der Waals surface area contributed by atoms with E-state index in [9.17, 15) is 24.0 Å². The summed E-state index contributed by atoms with van der Waals surface area (Å²) >= 11 is 0. The summed E-state index contributed by atoms with van der Waals surface area (Å²) in [7, 11) is 0. The van der Waals surface area contributed by atoms with E-state index in [4.69, 9.17) is 0 Å². The molecule has 2 rings (SSSR count). The van der Waals surface area contributed by atoms with E-state index in [2.05, 4.69) is 21.3 Å². The summed E-state index contributed by atoms with van der Waals surface area (Å²) in [6, 6.07) is 5.69. The molecule has 0 saturated heterocycles. The first-order chi connectivity index (χ1) is 17.9. The van der Waals surface area contributed by atoms with Crippen molar-refractivity contribution in [3.05, 3.63) is 35.9 Å². The van der Waals surface area contributed by atoms with Crippen LogP contribution in [0.5, 0.6) is 0 Å². The van der Waals surface area contributed by atoms with Gasteiger partial charge in [0.1, 0.15) is 12.1 Å². The van der Waals surface area contributed by atoms with Crippen molar-refractivity contribution in [2.24, 2.45) is 5.41 Å². The lowest BCUT2D eigenvalue weighted by atomic mass is 9.85. The molecule has 1 aromatic carbocycles. The number of rotatable bonds is 12. The van der Waals surface area contributed by atoms with Crippen LogP contribution in [0.25, 0.3) is 0 Å².